The molecule has 3 saturated heterocycles. The van der Waals surface area contributed by atoms with Crippen LogP contribution in [0, 0.1) is 5.41 Å². The van der Waals surface area contributed by atoms with E-state index in [-0.39, 0.29) is 145 Å². The van der Waals surface area contributed by atoms with E-state index in [1.165, 1.54) is 20.8 Å². The molecule has 0 bridgehead atoms. The third kappa shape index (κ3) is 45.8. The molecule has 3 heterocycles. The number of hydrogen-bond donors (Lipinski definition) is 16. The fraction of sp³-hybridized carbons (Fsp3) is 0.857. The summed E-state index contributed by atoms with van der Waals surface area (Å²) < 4.78 is 160. The standard InChI is InChI=1S/C70H127N3O36P4S4/c1-50(77)71-57-63(83)60(80)54(42-74)106-66(57)95-32-16-5-9-19-35-99-110(87,114)102-39-23-29-92-47-70(46-91-28-15-4-8-22-38-105-113(90,117)109-69(86)98-45-53-26-13-12-14-27-53,48-93-30-24-40-103-111(88,115)100-36-20-10-6-17-33-96-67-58(72-51(2)78)64(84)61(81)55(43-75)107-67)49-94-31-25-41-104-112(89,116)101-37-21-11-7-18-34-97-68-59(73-52(3)79)65(85)62(82)56(44-76)108-68/h12-14,26-27,54-68,74-76,80-85H,4-11,15-25,28-49H2,1-3H3,(H,71,77)(H,72,78)(H,73,79)(H,87,114)(H,88,115)(H,89,116)(H,90,117)/t54?,55?,56?,57?,58?,59?,60-,61-,62+,63-,64-,65-,66-,67-,68-,70?,110?,111?,112?,113?/m1/s1. The van der Waals surface area contributed by atoms with Crippen molar-refractivity contribution in [3.8, 4) is 0 Å². The Morgan fingerprint density at radius 1 is 0.368 bits per heavy atom. The first kappa shape index (κ1) is 108. The van der Waals surface area contributed by atoms with Gasteiger partial charge < -0.3 is 146 Å². The van der Waals surface area contributed by atoms with Crippen molar-refractivity contribution < 1.29 is 172 Å². The number of amides is 3. The highest BCUT2D eigenvalue weighted by Gasteiger charge is 2.48. The lowest BCUT2D eigenvalue weighted by molar-refractivity contribution is -0.270. The van der Waals surface area contributed by atoms with Gasteiger partial charge in [-0.15, -0.1) is 0 Å². The molecule has 3 aliphatic heterocycles. The lowest BCUT2D eigenvalue weighted by atomic mass is 9.92. The zero-order valence-corrected chi connectivity index (χ0v) is 73.8. The number of nitrogens with one attached hydrogen (secondary N) is 3. The maximum absolute atomic E-state index is 13.2. The topological polar surface area (TPSA) is 530 Å². The average molecular weight is 1840 g/mol. The van der Waals surface area contributed by atoms with Crippen molar-refractivity contribution in [1.82, 2.24) is 16.0 Å². The largest absolute Gasteiger partial charge is 0.515 e. The van der Waals surface area contributed by atoms with Crippen LogP contribution in [0.1, 0.15) is 148 Å². The molecule has 117 heavy (non-hydrogen) atoms. The van der Waals surface area contributed by atoms with Crippen LogP contribution in [0.2, 0.25) is 0 Å². The van der Waals surface area contributed by atoms with Crippen LogP contribution >= 0.6 is 76.2 Å². The van der Waals surface area contributed by atoms with E-state index in [0.717, 1.165) is 0 Å². The molecule has 0 aromatic heterocycles. The summed E-state index contributed by atoms with van der Waals surface area (Å²) in [6.07, 6.45) is -6.77. The Morgan fingerprint density at radius 3 is 0.906 bits per heavy atom. The van der Waals surface area contributed by atoms with E-state index in [9.17, 15) is 83.4 Å². The van der Waals surface area contributed by atoms with Gasteiger partial charge in [-0.25, -0.2) is 23.1 Å². The van der Waals surface area contributed by atoms with E-state index in [2.05, 4.69) is 64.9 Å². The second-order valence-electron chi connectivity index (χ2n) is 28.2. The van der Waals surface area contributed by atoms with Crippen LogP contribution < -0.4 is 16.0 Å². The van der Waals surface area contributed by atoms with Gasteiger partial charge in [0.25, 0.3) is 0 Å². The summed E-state index contributed by atoms with van der Waals surface area (Å²) in [6, 6.07) is 5.62. The van der Waals surface area contributed by atoms with Gasteiger partial charge in [-0.05, 0) is 88.4 Å². The average Bonchev–Trinajstić information content (AvgIpc) is 0.816. The summed E-state index contributed by atoms with van der Waals surface area (Å²) in [5, 5.41) is 98.9. The summed E-state index contributed by atoms with van der Waals surface area (Å²) in [5.41, 5.74) is -0.322. The molecule has 0 aliphatic carbocycles. The Hall–Kier alpha value is -1.82. The summed E-state index contributed by atoms with van der Waals surface area (Å²) in [6.45, 7) is -12.8. The molecule has 0 saturated carbocycles. The predicted octanol–water partition coefficient (Wildman–Crippen LogP) is 5.95. The lowest BCUT2D eigenvalue weighted by Crippen LogP contribution is -2.64. The Labute approximate surface area is 705 Å². The molecule has 0 spiro atoms. The molecule has 682 valence electrons. The van der Waals surface area contributed by atoms with Crippen molar-refractivity contribution in [2.75, 3.05) is 139 Å². The number of aliphatic hydroxyl groups excluding tert-OH is 9. The summed E-state index contributed by atoms with van der Waals surface area (Å²) >= 11 is 16.4. The van der Waals surface area contributed by atoms with Crippen molar-refractivity contribution in [1.29, 1.82) is 0 Å². The normalized spacial score (nSPS) is 26.2. The zero-order valence-electron chi connectivity index (χ0n) is 66.7. The molecule has 39 nitrogen and oxygen atoms in total. The van der Waals surface area contributed by atoms with Crippen LogP contribution in [-0.2, 0) is 128 Å². The fourth-order valence-electron chi connectivity index (χ4n) is 11.9. The quantitative estimate of drug-likeness (QED) is 0.0155. The highest BCUT2D eigenvalue weighted by Crippen LogP contribution is 2.55. The first-order chi connectivity index (χ1) is 55.8. The fourth-order valence-corrected chi connectivity index (χ4v) is 16.8. The van der Waals surface area contributed by atoms with Gasteiger partial charge in [-0.2, -0.15) is 0 Å². The maximum atomic E-state index is 13.2. The Balaban J connectivity index is 1.31. The number of carbonyl (C=O) groups is 4. The van der Waals surface area contributed by atoms with Gasteiger partial charge in [0.1, 0.15) is 79.7 Å². The number of benzene rings is 1. The number of ether oxygens (including phenoxy) is 11. The highest BCUT2D eigenvalue weighted by atomic mass is 32.7. The molecule has 0 radical (unpaired) electrons. The minimum atomic E-state index is -4.09. The number of hydrogen-bond acceptors (Lipinski definition) is 36. The first-order valence-electron chi connectivity index (χ1n) is 39.3. The van der Waals surface area contributed by atoms with Gasteiger partial charge in [0, 0.05) is 67.0 Å². The molecular weight excluding hydrogens is 1710 g/mol. The summed E-state index contributed by atoms with van der Waals surface area (Å²) in [5.74, 6) is -1.43. The van der Waals surface area contributed by atoms with Crippen LogP contribution in [0.3, 0.4) is 0 Å². The molecule has 3 fully saturated rings. The number of aliphatic hydroxyl groups is 9. The third-order valence-corrected chi connectivity index (χ3v) is 24.6. The minimum Gasteiger partial charge on any atom is -0.429 e. The Bertz CT molecular complexity index is 2860. The molecule has 47 heteroatoms. The van der Waals surface area contributed by atoms with Crippen molar-refractivity contribution in [2.24, 2.45) is 5.41 Å². The Kier molecular flexibility index (Phi) is 55.1. The van der Waals surface area contributed by atoms with Gasteiger partial charge in [0.2, 0.25) is 17.7 Å². The molecule has 12 N–H and O–H groups in total. The molecule has 3 amide bonds. The molecule has 10 unspecified atom stereocenters. The molecular formula is C70H127N3O36P4S4. The van der Waals surface area contributed by atoms with Gasteiger partial charge in [-0.1, -0.05) is 118 Å². The van der Waals surface area contributed by atoms with E-state index in [1.807, 2.05) is 0 Å². The van der Waals surface area contributed by atoms with Gasteiger partial charge in [0.15, 0.2) is 18.9 Å². The molecule has 4 rings (SSSR count). The predicted molar refractivity (Wildman–Crippen MR) is 433 cm³/mol. The van der Waals surface area contributed by atoms with Crippen molar-refractivity contribution >= 4 is 100 Å². The van der Waals surface area contributed by atoms with Crippen LogP contribution in [0.5, 0.6) is 0 Å². The third-order valence-electron chi connectivity index (χ3n) is 18.0. The monoisotopic (exact) mass is 1840 g/mol. The number of unbranched alkanes of at least 4 members (excludes halogenated alkanes) is 12. The van der Waals surface area contributed by atoms with Gasteiger partial charge >= 0.3 is 33.3 Å². The molecule has 1 aromatic carbocycles. The van der Waals surface area contributed by atoms with Crippen LogP contribution in [0.15, 0.2) is 30.3 Å². The van der Waals surface area contributed by atoms with Crippen molar-refractivity contribution in [3.05, 3.63) is 35.9 Å². The van der Waals surface area contributed by atoms with Crippen LogP contribution in [0.25, 0.3) is 0 Å². The van der Waals surface area contributed by atoms with Gasteiger partial charge in [-0.3, -0.25) is 18.9 Å². The Morgan fingerprint density at radius 2 is 0.624 bits per heavy atom. The summed E-state index contributed by atoms with van der Waals surface area (Å²) in [4.78, 5) is 47.6. The number of carbonyl (C=O) groups excluding carboxylic acids is 4. The maximum Gasteiger partial charge on any atom is 0.515 e. The first-order valence-corrected chi connectivity index (χ1v) is 50.1. The van der Waals surface area contributed by atoms with E-state index in [0.29, 0.717) is 108 Å². The lowest BCUT2D eigenvalue weighted by Gasteiger charge is -2.42. The molecule has 1 aromatic rings. The zero-order chi connectivity index (χ0) is 86.1. The van der Waals surface area contributed by atoms with Crippen LogP contribution in [0.4, 0.5) is 4.79 Å². The highest BCUT2D eigenvalue weighted by molar-refractivity contribution is 8.45. The minimum absolute atomic E-state index is 0.0112. The van der Waals surface area contributed by atoms with E-state index < -0.39 is 168 Å². The van der Waals surface area contributed by atoms with E-state index in [4.69, 9.17) is 88.3 Å². The summed E-state index contributed by atoms with van der Waals surface area (Å²) in [7, 11) is 0. The van der Waals surface area contributed by atoms with Crippen molar-refractivity contribution in [2.45, 2.75) is 241 Å². The van der Waals surface area contributed by atoms with E-state index in [1.54, 1.807) is 30.3 Å². The van der Waals surface area contributed by atoms with Gasteiger partial charge in [0.05, 0.1) is 97.9 Å². The van der Waals surface area contributed by atoms with E-state index >= 15 is 0 Å². The molecule has 3 aliphatic rings. The second-order valence-corrected chi connectivity index (χ2v) is 39.8. The SMILES string of the molecule is CC(=O)NC1[C@H](OCCCCCCOP(=O)(S)OCCCOCC(COCCCCCCOP(=O)(S)OC(=O)OCc2ccccc2)(COCCCOP(=O)(S)OCCCCCCO[C@@H]2OC(CO)[C@@H](O)[C@H](O)C2NC(C)=O)COCCCOP(=O)(S)OCCCCCCO[C@@H]2OC(CO)[C@H](O)[C@H](O)C2NC(C)=O)OC(CO)[C@@H](O)[C@@H]1O. The smallest absolute Gasteiger partial charge is 0.429 e. The van der Waals surface area contributed by atoms with Crippen molar-refractivity contribution in [3.63, 3.8) is 0 Å². The number of rotatable bonds is 67. The number of thiol groups is 4. The molecule has 19 atom stereocenters. The second kappa shape index (κ2) is 60.0. The van der Waals surface area contributed by atoms with Crippen LogP contribution in [-0.4, -0.2) is 301 Å².